The van der Waals surface area contributed by atoms with Crippen LogP contribution in [-0.4, -0.2) is 90.7 Å². The Morgan fingerprint density at radius 1 is 0.600 bits per heavy atom. The fourth-order valence-electron chi connectivity index (χ4n) is 2.35. The highest BCUT2D eigenvalue weighted by Gasteiger charge is 2.36. The predicted octanol–water partition coefficient (Wildman–Crippen LogP) is 1.33. The molecule has 1 N–H and O–H groups in total. The van der Waals surface area contributed by atoms with E-state index in [1.54, 1.807) is 35.5 Å². The highest BCUT2D eigenvalue weighted by Crippen LogP contribution is 2.15. The lowest BCUT2D eigenvalue weighted by Gasteiger charge is -2.24. The average Bonchev–Trinajstić information content (AvgIpc) is 2.67. The van der Waals surface area contributed by atoms with Gasteiger partial charge in [-0.25, -0.2) is 0 Å². The number of hydrogen-bond acceptors (Lipinski definition) is 8. The molecule has 0 amide bonds. The Morgan fingerprint density at radius 3 is 1.44 bits per heavy atom. The van der Waals surface area contributed by atoms with Crippen LogP contribution in [0.4, 0.5) is 0 Å². The zero-order chi connectivity index (χ0) is 19.0. The van der Waals surface area contributed by atoms with Gasteiger partial charge in [0, 0.05) is 68.0 Å². The summed E-state index contributed by atoms with van der Waals surface area (Å²) in [7, 11) is 3.13. The van der Waals surface area contributed by atoms with Crippen LogP contribution in [0.2, 0.25) is 12.1 Å². The molecule has 0 rings (SSSR count). The third-order valence-corrected chi connectivity index (χ3v) is 10.0. The highest BCUT2D eigenvalue weighted by atomic mass is 28.4. The largest absolute Gasteiger partial charge is 0.500 e. The summed E-state index contributed by atoms with van der Waals surface area (Å²) in [6.07, 6.45) is 2.46. The Balaban J connectivity index is 3.54. The second kappa shape index (κ2) is 15.2. The summed E-state index contributed by atoms with van der Waals surface area (Å²) < 4.78 is 37.9. The Morgan fingerprint density at radius 2 is 1.04 bits per heavy atom. The van der Waals surface area contributed by atoms with Crippen LogP contribution in [0.3, 0.4) is 0 Å². The number of rotatable bonds is 18. The standard InChI is InChI=1S/C15H36O8Si2/c1-17-24(15-16,18-2)13-7-11-22-9-6-10-23-12-8-14-25(19-3,20-4)21-5/h16H,6-15H2,1-5H3. The van der Waals surface area contributed by atoms with Gasteiger partial charge in [0.1, 0.15) is 0 Å². The first-order chi connectivity index (χ1) is 12.1. The van der Waals surface area contributed by atoms with Gasteiger partial charge in [0.15, 0.2) is 0 Å². The second-order valence-electron chi connectivity index (χ2n) is 5.56. The molecule has 0 spiro atoms. The van der Waals surface area contributed by atoms with Gasteiger partial charge in [-0.1, -0.05) is 0 Å². The molecule has 0 aliphatic heterocycles. The third kappa shape index (κ3) is 10.1. The molecule has 0 saturated heterocycles. The van der Waals surface area contributed by atoms with Crippen LogP contribution in [0.1, 0.15) is 19.3 Å². The van der Waals surface area contributed by atoms with Crippen LogP contribution in [0.5, 0.6) is 0 Å². The number of ether oxygens (including phenoxy) is 2. The molecule has 0 radical (unpaired) electrons. The molecular formula is C15H36O8Si2. The number of aliphatic hydroxyl groups is 1. The smallest absolute Gasteiger partial charge is 0.396 e. The molecule has 10 heteroatoms. The van der Waals surface area contributed by atoms with Gasteiger partial charge in [0.25, 0.3) is 0 Å². The molecule has 0 aromatic carbocycles. The SMILES string of the molecule is CO[Si](CO)(CCCOCCCOCCC[Si](OC)(OC)OC)OC. The predicted molar refractivity (Wildman–Crippen MR) is 98.7 cm³/mol. The van der Waals surface area contributed by atoms with Crippen LogP contribution in [0, 0.1) is 0 Å². The lowest BCUT2D eigenvalue weighted by atomic mass is 10.4. The molecule has 0 heterocycles. The Kier molecular flexibility index (Phi) is 15.3. The fourth-order valence-corrected chi connectivity index (χ4v) is 5.72. The van der Waals surface area contributed by atoms with Crippen LogP contribution in [-0.2, 0) is 31.6 Å². The summed E-state index contributed by atoms with van der Waals surface area (Å²) in [6, 6.07) is 1.46. The van der Waals surface area contributed by atoms with Gasteiger partial charge in [0.05, 0.1) is 6.23 Å². The van der Waals surface area contributed by atoms with Crippen molar-refractivity contribution >= 4 is 17.4 Å². The summed E-state index contributed by atoms with van der Waals surface area (Å²) in [5.74, 6) is 0. The van der Waals surface area contributed by atoms with Crippen molar-refractivity contribution in [3.05, 3.63) is 0 Å². The molecule has 0 aromatic heterocycles. The van der Waals surface area contributed by atoms with Gasteiger partial charge >= 0.3 is 17.4 Å². The van der Waals surface area contributed by atoms with Gasteiger partial charge < -0.3 is 36.7 Å². The van der Waals surface area contributed by atoms with Gasteiger partial charge in [-0.3, -0.25) is 0 Å². The molecule has 25 heavy (non-hydrogen) atoms. The molecular weight excluding hydrogens is 364 g/mol. The van der Waals surface area contributed by atoms with E-state index in [-0.39, 0.29) is 6.23 Å². The number of hydrogen-bond donors (Lipinski definition) is 1. The maximum absolute atomic E-state index is 9.35. The zero-order valence-electron chi connectivity index (χ0n) is 16.4. The van der Waals surface area contributed by atoms with Crippen molar-refractivity contribution in [3.8, 4) is 0 Å². The minimum atomic E-state index is -2.47. The minimum absolute atomic E-state index is 0.0345. The molecule has 0 fully saturated rings. The lowest BCUT2D eigenvalue weighted by molar-refractivity contribution is 0.0777. The summed E-state index contributed by atoms with van der Waals surface area (Å²) >= 11 is 0. The molecule has 0 atom stereocenters. The average molecular weight is 401 g/mol. The quantitative estimate of drug-likeness (QED) is 0.272. The van der Waals surface area contributed by atoms with E-state index < -0.39 is 17.4 Å². The van der Waals surface area contributed by atoms with Crippen LogP contribution in [0.15, 0.2) is 0 Å². The summed E-state index contributed by atoms with van der Waals surface area (Å²) in [5.41, 5.74) is 0. The molecule has 8 nitrogen and oxygen atoms in total. The topological polar surface area (TPSA) is 84.8 Å². The maximum atomic E-state index is 9.35. The Labute approximate surface area is 154 Å². The van der Waals surface area contributed by atoms with E-state index in [2.05, 4.69) is 0 Å². The van der Waals surface area contributed by atoms with Crippen LogP contribution >= 0.6 is 0 Å². The summed E-state index contributed by atoms with van der Waals surface area (Å²) in [4.78, 5) is 0. The third-order valence-electron chi connectivity index (χ3n) is 4.11. The molecule has 0 aliphatic carbocycles. The molecule has 0 aliphatic rings. The van der Waals surface area contributed by atoms with Crippen molar-refractivity contribution in [3.63, 3.8) is 0 Å². The van der Waals surface area contributed by atoms with Gasteiger partial charge in [-0.15, -0.1) is 0 Å². The minimum Gasteiger partial charge on any atom is -0.396 e. The van der Waals surface area contributed by atoms with E-state index in [0.29, 0.717) is 26.4 Å². The van der Waals surface area contributed by atoms with Gasteiger partial charge in [-0.05, 0) is 25.3 Å². The van der Waals surface area contributed by atoms with E-state index >= 15 is 0 Å². The first-order valence-electron chi connectivity index (χ1n) is 8.59. The monoisotopic (exact) mass is 400 g/mol. The van der Waals surface area contributed by atoms with Crippen molar-refractivity contribution in [1.82, 2.24) is 0 Å². The number of aliphatic hydroxyl groups excluding tert-OH is 1. The van der Waals surface area contributed by atoms with Crippen molar-refractivity contribution in [2.24, 2.45) is 0 Å². The van der Waals surface area contributed by atoms with Crippen LogP contribution < -0.4 is 0 Å². The van der Waals surface area contributed by atoms with Crippen LogP contribution in [0.25, 0.3) is 0 Å². The van der Waals surface area contributed by atoms with E-state index in [1.807, 2.05) is 0 Å². The van der Waals surface area contributed by atoms with Gasteiger partial charge in [0.2, 0.25) is 0 Å². The summed E-state index contributed by atoms with van der Waals surface area (Å²) in [5, 5.41) is 9.35. The summed E-state index contributed by atoms with van der Waals surface area (Å²) in [6.45, 7) is 2.59. The molecule has 152 valence electrons. The van der Waals surface area contributed by atoms with Crippen molar-refractivity contribution in [2.75, 3.05) is 68.2 Å². The Hall–Kier alpha value is 0.114. The molecule has 0 bridgehead atoms. The molecule has 0 unspecified atom stereocenters. The fraction of sp³-hybridized carbons (Fsp3) is 1.00. The van der Waals surface area contributed by atoms with Crippen molar-refractivity contribution < 1.29 is 36.7 Å². The molecule has 0 aromatic rings. The van der Waals surface area contributed by atoms with E-state index in [0.717, 1.165) is 31.4 Å². The maximum Gasteiger partial charge on any atom is 0.500 e. The van der Waals surface area contributed by atoms with E-state index in [4.69, 9.17) is 31.6 Å². The van der Waals surface area contributed by atoms with Gasteiger partial charge in [-0.2, -0.15) is 0 Å². The Bertz CT molecular complexity index is 257. The van der Waals surface area contributed by atoms with Crippen molar-refractivity contribution in [1.29, 1.82) is 0 Å². The zero-order valence-corrected chi connectivity index (χ0v) is 18.4. The van der Waals surface area contributed by atoms with Crippen molar-refractivity contribution in [2.45, 2.75) is 31.4 Å². The van der Waals surface area contributed by atoms with E-state index in [9.17, 15) is 5.11 Å². The normalized spacial score (nSPS) is 12.7. The second-order valence-corrected chi connectivity index (χ2v) is 12.1. The lowest BCUT2D eigenvalue weighted by Crippen LogP contribution is -2.44. The highest BCUT2D eigenvalue weighted by molar-refractivity contribution is 6.67. The molecule has 0 saturated carbocycles. The first-order valence-corrected chi connectivity index (χ1v) is 12.8. The first kappa shape index (κ1) is 25.1. The van der Waals surface area contributed by atoms with E-state index in [1.165, 1.54) is 0 Å².